The number of thiocarbonyl (C=S) groups is 1. The summed E-state index contributed by atoms with van der Waals surface area (Å²) < 4.78 is 16.2. The topological polar surface area (TPSA) is 102 Å². The van der Waals surface area contributed by atoms with Gasteiger partial charge < -0.3 is 30.2 Å². The Hall–Kier alpha value is -4.18. The molecule has 2 aromatic heterocycles. The molecule has 4 aromatic rings. The fourth-order valence-corrected chi connectivity index (χ4v) is 3.65. The van der Waals surface area contributed by atoms with Crippen LogP contribution in [0.3, 0.4) is 0 Å². The molecule has 9 nitrogen and oxygen atoms in total. The van der Waals surface area contributed by atoms with Crippen molar-refractivity contribution < 1.29 is 14.2 Å². The van der Waals surface area contributed by atoms with E-state index in [-0.39, 0.29) is 0 Å². The standard InChI is InChI=1S/C25H26N6O3S/c1-15-7-5-6-8-16(15)13-27-25(35)31-21-10-9-18-24(29-21)30-22(14-26-18)28-17-11-19(32-2)23(34-4)20(12-17)33-3/h5-12,14H,13H2,1-4H3,(H3,27,28,29,30,31,35). The van der Waals surface area contributed by atoms with E-state index in [1.807, 2.05) is 24.3 Å². The summed E-state index contributed by atoms with van der Waals surface area (Å²) >= 11 is 5.44. The van der Waals surface area contributed by atoms with E-state index in [0.717, 1.165) is 0 Å². The maximum absolute atomic E-state index is 5.44. The minimum atomic E-state index is 0.467. The van der Waals surface area contributed by atoms with Crippen molar-refractivity contribution in [2.75, 3.05) is 32.0 Å². The van der Waals surface area contributed by atoms with Crippen molar-refractivity contribution in [3.05, 3.63) is 65.9 Å². The number of nitrogens with zero attached hydrogens (tertiary/aromatic N) is 3. The van der Waals surface area contributed by atoms with E-state index in [0.29, 0.717) is 57.4 Å². The molecule has 0 fully saturated rings. The Morgan fingerprint density at radius 1 is 0.914 bits per heavy atom. The van der Waals surface area contributed by atoms with Crippen LogP contribution in [-0.4, -0.2) is 41.4 Å². The molecule has 0 bridgehead atoms. The number of fused-ring (bicyclic) bond motifs is 1. The van der Waals surface area contributed by atoms with Crippen LogP contribution in [0.5, 0.6) is 17.2 Å². The van der Waals surface area contributed by atoms with Gasteiger partial charge in [-0.1, -0.05) is 24.3 Å². The first-order chi connectivity index (χ1) is 17.0. The Morgan fingerprint density at radius 3 is 2.31 bits per heavy atom. The predicted molar refractivity (Wildman–Crippen MR) is 141 cm³/mol. The molecular weight excluding hydrogens is 464 g/mol. The fraction of sp³-hybridized carbons (Fsp3) is 0.200. The van der Waals surface area contributed by atoms with Crippen molar-refractivity contribution in [3.63, 3.8) is 0 Å². The van der Waals surface area contributed by atoms with Gasteiger partial charge in [0.2, 0.25) is 5.75 Å². The SMILES string of the molecule is COc1cc(Nc2cnc3ccc(NC(=S)NCc4ccccc4C)nc3n2)cc(OC)c1OC. The van der Waals surface area contributed by atoms with Gasteiger partial charge in [0.05, 0.1) is 27.5 Å². The number of methoxy groups -OCH3 is 3. The van der Waals surface area contributed by atoms with E-state index in [1.165, 1.54) is 11.1 Å². The van der Waals surface area contributed by atoms with Crippen molar-refractivity contribution in [3.8, 4) is 17.2 Å². The van der Waals surface area contributed by atoms with Crippen molar-refractivity contribution in [1.29, 1.82) is 0 Å². The highest BCUT2D eigenvalue weighted by atomic mass is 32.1. The number of aromatic nitrogens is 3. The molecule has 180 valence electrons. The highest BCUT2D eigenvalue weighted by molar-refractivity contribution is 7.80. The summed E-state index contributed by atoms with van der Waals surface area (Å²) in [5.74, 6) is 2.64. The first kappa shape index (κ1) is 24.0. The maximum Gasteiger partial charge on any atom is 0.203 e. The largest absolute Gasteiger partial charge is 0.493 e. The molecular formula is C25H26N6O3S. The molecule has 0 amide bonds. The number of hydrogen-bond donors (Lipinski definition) is 3. The summed E-state index contributed by atoms with van der Waals surface area (Å²) in [6.45, 7) is 2.69. The maximum atomic E-state index is 5.44. The van der Waals surface area contributed by atoms with Crippen LogP contribution in [0.2, 0.25) is 0 Å². The molecule has 0 aliphatic heterocycles. The molecule has 0 unspecified atom stereocenters. The normalized spacial score (nSPS) is 10.5. The van der Waals surface area contributed by atoms with Gasteiger partial charge in [-0.05, 0) is 42.4 Å². The van der Waals surface area contributed by atoms with Crippen LogP contribution >= 0.6 is 12.2 Å². The number of nitrogens with one attached hydrogen (secondary N) is 3. The molecule has 0 radical (unpaired) electrons. The summed E-state index contributed by atoms with van der Waals surface area (Å²) in [5.41, 5.74) is 4.20. The number of ether oxygens (including phenoxy) is 3. The fourth-order valence-electron chi connectivity index (χ4n) is 3.47. The minimum absolute atomic E-state index is 0.467. The van der Waals surface area contributed by atoms with Crippen LogP contribution in [0, 0.1) is 6.92 Å². The molecule has 3 N–H and O–H groups in total. The van der Waals surface area contributed by atoms with Crippen LogP contribution in [-0.2, 0) is 6.54 Å². The molecule has 2 aromatic carbocycles. The summed E-state index contributed by atoms with van der Waals surface area (Å²) in [6.07, 6.45) is 1.63. The monoisotopic (exact) mass is 490 g/mol. The third-order valence-corrected chi connectivity index (χ3v) is 5.53. The highest BCUT2D eigenvalue weighted by Crippen LogP contribution is 2.40. The van der Waals surface area contributed by atoms with Gasteiger partial charge >= 0.3 is 0 Å². The van der Waals surface area contributed by atoms with E-state index in [1.54, 1.807) is 39.7 Å². The van der Waals surface area contributed by atoms with Gasteiger partial charge in [0.25, 0.3) is 0 Å². The second kappa shape index (κ2) is 10.8. The summed E-state index contributed by atoms with van der Waals surface area (Å²) in [4.78, 5) is 13.6. The Morgan fingerprint density at radius 2 is 1.63 bits per heavy atom. The van der Waals surface area contributed by atoms with Crippen LogP contribution in [0.4, 0.5) is 17.3 Å². The van der Waals surface area contributed by atoms with Crippen molar-refractivity contribution in [2.24, 2.45) is 0 Å². The van der Waals surface area contributed by atoms with Crippen molar-refractivity contribution in [1.82, 2.24) is 20.3 Å². The Balaban J connectivity index is 1.49. The Labute approximate surface area is 208 Å². The zero-order valence-electron chi connectivity index (χ0n) is 19.9. The molecule has 0 saturated heterocycles. The van der Waals surface area contributed by atoms with Crippen LogP contribution in [0.25, 0.3) is 11.2 Å². The molecule has 0 spiro atoms. The Bertz CT molecular complexity index is 1340. The van der Waals surface area contributed by atoms with Crippen molar-refractivity contribution in [2.45, 2.75) is 13.5 Å². The van der Waals surface area contributed by atoms with E-state index in [9.17, 15) is 0 Å². The predicted octanol–water partition coefficient (Wildman–Crippen LogP) is 4.59. The second-order valence-electron chi connectivity index (χ2n) is 7.57. The molecule has 0 aliphatic rings. The molecule has 0 aliphatic carbocycles. The first-order valence-electron chi connectivity index (χ1n) is 10.8. The summed E-state index contributed by atoms with van der Waals surface area (Å²) in [7, 11) is 4.69. The summed E-state index contributed by atoms with van der Waals surface area (Å²) in [5, 5.41) is 10.0. The number of anilines is 3. The molecule has 0 atom stereocenters. The first-order valence-corrected chi connectivity index (χ1v) is 11.2. The average molecular weight is 491 g/mol. The minimum Gasteiger partial charge on any atom is -0.493 e. The van der Waals surface area contributed by atoms with Gasteiger partial charge in [-0.15, -0.1) is 0 Å². The van der Waals surface area contributed by atoms with Gasteiger partial charge in [-0.3, -0.25) is 0 Å². The lowest BCUT2D eigenvalue weighted by atomic mass is 10.1. The number of benzene rings is 2. The smallest absolute Gasteiger partial charge is 0.203 e. The molecule has 4 rings (SSSR count). The number of aryl methyl sites for hydroxylation is 1. The molecule has 10 heteroatoms. The van der Waals surface area contributed by atoms with E-state index in [2.05, 4.69) is 50.0 Å². The summed E-state index contributed by atoms with van der Waals surface area (Å²) in [6, 6.07) is 15.4. The number of hydrogen-bond acceptors (Lipinski definition) is 8. The van der Waals surface area contributed by atoms with Crippen LogP contribution in [0.15, 0.2) is 54.7 Å². The van der Waals surface area contributed by atoms with Gasteiger partial charge in [0, 0.05) is 24.4 Å². The van der Waals surface area contributed by atoms with E-state index >= 15 is 0 Å². The second-order valence-corrected chi connectivity index (χ2v) is 7.98. The lowest BCUT2D eigenvalue weighted by molar-refractivity contribution is 0.324. The van der Waals surface area contributed by atoms with E-state index < -0.39 is 0 Å². The average Bonchev–Trinajstić information content (AvgIpc) is 2.87. The number of rotatable bonds is 8. The zero-order chi connectivity index (χ0) is 24.8. The molecule has 35 heavy (non-hydrogen) atoms. The van der Waals surface area contributed by atoms with Crippen LogP contribution in [0.1, 0.15) is 11.1 Å². The highest BCUT2D eigenvalue weighted by Gasteiger charge is 2.14. The van der Waals surface area contributed by atoms with Crippen molar-refractivity contribution >= 4 is 45.8 Å². The van der Waals surface area contributed by atoms with E-state index in [4.69, 9.17) is 26.4 Å². The lowest BCUT2D eigenvalue weighted by Gasteiger charge is -2.15. The van der Waals surface area contributed by atoms with Crippen LogP contribution < -0.4 is 30.2 Å². The third-order valence-electron chi connectivity index (χ3n) is 5.29. The lowest BCUT2D eigenvalue weighted by Crippen LogP contribution is -2.28. The Kier molecular flexibility index (Phi) is 7.41. The third kappa shape index (κ3) is 5.67. The number of pyridine rings is 1. The quantitative estimate of drug-likeness (QED) is 0.304. The van der Waals surface area contributed by atoms with Gasteiger partial charge in [0.1, 0.15) is 11.3 Å². The zero-order valence-corrected chi connectivity index (χ0v) is 20.7. The molecule has 2 heterocycles. The van der Waals surface area contributed by atoms with Gasteiger partial charge in [-0.2, -0.15) is 0 Å². The van der Waals surface area contributed by atoms with Gasteiger partial charge in [-0.25, -0.2) is 15.0 Å². The molecule has 0 saturated carbocycles. The van der Waals surface area contributed by atoms with Gasteiger partial charge in [0.15, 0.2) is 28.1 Å².